The van der Waals surface area contributed by atoms with Gasteiger partial charge in [0.1, 0.15) is 0 Å². The Hall–Kier alpha value is -2.49. The Balaban J connectivity index is 1.51. The van der Waals surface area contributed by atoms with E-state index in [1.165, 1.54) is 12.1 Å². The zero-order valence-corrected chi connectivity index (χ0v) is 17.3. The topological polar surface area (TPSA) is 79.2 Å². The molecule has 1 fully saturated rings. The summed E-state index contributed by atoms with van der Waals surface area (Å²) in [5.74, 6) is 0.110. The van der Waals surface area contributed by atoms with Gasteiger partial charge in [0.2, 0.25) is 5.91 Å². The summed E-state index contributed by atoms with van der Waals surface area (Å²) >= 11 is 1.65. The van der Waals surface area contributed by atoms with E-state index in [9.17, 15) is 14.9 Å². The molecule has 29 heavy (non-hydrogen) atoms. The molecular formula is C20H26N4O4S. The van der Waals surface area contributed by atoms with Crippen molar-refractivity contribution in [1.29, 1.82) is 0 Å². The number of hydrogen-bond donors (Lipinski definition) is 0. The van der Waals surface area contributed by atoms with Crippen molar-refractivity contribution >= 4 is 28.6 Å². The van der Waals surface area contributed by atoms with Gasteiger partial charge in [0.25, 0.3) is 5.69 Å². The number of non-ortho nitro benzene ring substituents is 1. The maximum absolute atomic E-state index is 12.9. The number of rotatable bonds is 9. The van der Waals surface area contributed by atoms with E-state index in [0.29, 0.717) is 26.2 Å². The van der Waals surface area contributed by atoms with Gasteiger partial charge in [-0.15, -0.1) is 11.3 Å². The molecule has 0 bridgehead atoms. The number of nitro benzene ring substituents is 1. The van der Waals surface area contributed by atoms with Crippen LogP contribution in [0.5, 0.6) is 0 Å². The van der Waals surface area contributed by atoms with Gasteiger partial charge in [0.05, 0.1) is 24.6 Å². The third-order valence-corrected chi connectivity index (χ3v) is 5.86. The van der Waals surface area contributed by atoms with E-state index in [0.717, 1.165) is 36.7 Å². The fourth-order valence-corrected chi connectivity index (χ4v) is 4.04. The van der Waals surface area contributed by atoms with E-state index >= 15 is 0 Å². The fraction of sp³-hybridized carbons (Fsp3) is 0.450. The molecule has 1 aliphatic rings. The average molecular weight is 419 g/mol. The molecule has 8 nitrogen and oxygen atoms in total. The lowest BCUT2D eigenvalue weighted by atomic mass is 10.2. The van der Waals surface area contributed by atoms with E-state index in [1.54, 1.807) is 30.6 Å². The monoisotopic (exact) mass is 418 g/mol. The number of thiophene rings is 1. The highest BCUT2D eigenvalue weighted by atomic mass is 32.1. The van der Waals surface area contributed by atoms with E-state index < -0.39 is 4.92 Å². The SMILES string of the molecule is COCCN(Cc1cccs1)C(=O)CN1CCN(c2ccc([N+](=O)[O-])cc2)CC1. The van der Waals surface area contributed by atoms with Crippen molar-refractivity contribution in [2.24, 2.45) is 0 Å². The molecule has 2 heterocycles. The zero-order chi connectivity index (χ0) is 20.6. The predicted molar refractivity (Wildman–Crippen MR) is 113 cm³/mol. The standard InChI is InChI=1S/C20H26N4O4S/c1-28-13-12-23(15-19-3-2-14-29-19)20(25)16-21-8-10-22(11-9-21)17-4-6-18(7-5-17)24(26)27/h2-7,14H,8-13,15-16H2,1H3. The van der Waals surface area contributed by atoms with Gasteiger partial charge in [0.15, 0.2) is 0 Å². The van der Waals surface area contributed by atoms with Crippen LogP contribution < -0.4 is 4.90 Å². The van der Waals surface area contributed by atoms with Gasteiger partial charge in [-0.1, -0.05) is 6.07 Å². The van der Waals surface area contributed by atoms with Gasteiger partial charge in [-0.05, 0) is 23.6 Å². The minimum atomic E-state index is -0.390. The van der Waals surface area contributed by atoms with Gasteiger partial charge in [-0.25, -0.2) is 0 Å². The van der Waals surface area contributed by atoms with Crippen LogP contribution in [0.3, 0.4) is 0 Å². The Bertz CT molecular complexity index is 789. The summed E-state index contributed by atoms with van der Waals surface area (Å²) in [6.07, 6.45) is 0. The largest absolute Gasteiger partial charge is 0.383 e. The number of nitro groups is 1. The molecule has 9 heteroatoms. The number of anilines is 1. The first-order valence-electron chi connectivity index (χ1n) is 9.57. The lowest BCUT2D eigenvalue weighted by molar-refractivity contribution is -0.384. The minimum Gasteiger partial charge on any atom is -0.383 e. The van der Waals surface area contributed by atoms with Crippen molar-refractivity contribution in [1.82, 2.24) is 9.80 Å². The molecule has 0 N–H and O–H groups in total. The Labute approximate surface area is 174 Å². The van der Waals surface area contributed by atoms with Crippen molar-refractivity contribution in [3.05, 3.63) is 56.8 Å². The molecule has 0 unspecified atom stereocenters. The quantitative estimate of drug-likeness (QED) is 0.460. The molecule has 0 atom stereocenters. The van der Waals surface area contributed by atoms with Crippen LogP contribution in [0.2, 0.25) is 0 Å². The number of nitrogens with zero attached hydrogens (tertiary/aromatic N) is 4. The predicted octanol–water partition coefficient (Wildman–Crippen LogP) is 2.45. The van der Waals surface area contributed by atoms with Gasteiger partial charge in [-0.3, -0.25) is 19.8 Å². The summed E-state index contributed by atoms with van der Waals surface area (Å²) in [6.45, 7) is 5.23. The number of benzene rings is 1. The Morgan fingerprint density at radius 2 is 1.93 bits per heavy atom. The molecule has 0 radical (unpaired) electrons. The maximum Gasteiger partial charge on any atom is 0.269 e. The first-order chi connectivity index (χ1) is 14.1. The van der Waals surface area contributed by atoms with Gasteiger partial charge in [0, 0.05) is 62.5 Å². The second-order valence-electron chi connectivity index (χ2n) is 6.92. The van der Waals surface area contributed by atoms with Gasteiger partial charge >= 0.3 is 0 Å². The van der Waals surface area contributed by atoms with Crippen molar-refractivity contribution in [3.63, 3.8) is 0 Å². The fourth-order valence-electron chi connectivity index (χ4n) is 3.32. The van der Waals surface area contributed by atoms with E-state index in [1.807, 2.05) is 22.4 Å². The van der Waals surface area contributed by atoms with E-state index in [4.69, 9.17) is 4.74 Å². The smallest absolute Gasteiger partial charge is 0.269 e. The Morgan fingerprint density at radius 3 is 2.52 bits per heavy atom. The number of carbonyl (C=O) groups is 1. The molecule has 0 saturated carbocycles. The van der Waals surface area contributed by atoms with Crippen LogP contribution in [0.25, 0.3) is 0 Å². The maximum atomic E-state index is 12.9. The Kier molecular flexibility index (Phi) is 7.56. The van der Waals surface area contributed by atoms with Gasteiger partial charge < -0.3 is 14.5 Å². The van der Waals surface area contributed by atoms with E-state index in [2.05, 4.69) is 9.80 Å². The number of amides is 1. The van der Waals surface area contributed by atoms with Crippen LogP contribution in [0, 0.1) is 10.1 Å². The summed E-state index contributed by atoms with van der Waals surface area (Å²) in [4.78, 5) is 30.6. The third kappa shape index (κ3) is 5.99. The summed E-state index contributed by atoms with van der Waals surface area (Å²) in [5.41, 5.74) is 1.07. The molecule has 0 aliphatic carbocycles. The molecule has 1 amide bonds. The van der Waals surface area contributed by atoms with Crippen LogP contribution in [0.1, 0.15) is 4.88 Å². The molecule has 1 saturated heterocycles. The molecule has 3 rings (SSSR count). The van der Waals surface area contributed by atoms with Crippen LogP contribution in [0.4, 0.5) is 11.4 Å². The molecule has 2 aromatic rings. The summed E-state index contributed by atoms with van der Waals surface area (Å²) in [5, 5.41) is 12.8. The van der Waals surface area contributed by atoms with Crippen LogP contribution in [-0.2, 0) is 16.1 Å². The molecule has 1 aromatic carbocycles. The average Bonchev–Trinajstić information content (AvgIpc) is 3.25. The lowest BCUT2D eigenvalue weighted by Crippen LogP contribution is -2.50. The summed E-state index contributed by atoms with van der Waals surface area (Å²) in [7, 11) is 1.64. The number of carbonyl (C=O) groups excluding carboxylic acids is 1. The molecule has 0 spiro atoms. The summed E-state index contributed by atoms with van der Waals surface area (Å²) < 4.78 is 5.16. The lowest BCUT2D eigenvalue weighted by Gasteiger charge is -2.36. The molecule has 156 valence electrons. The Morgan fingerprint density at radius 1 is 1.21 bits per heavy atom. The molecule has 1 aliphatic heterocycles. The highest BCUT2D eigenvalue weighted by molar-refractivity contribution is 7.09. The van der Waals surface area contributed by atoms with Crippen molar-refractivity contribution < 1.29 is 14.5 Å². The van der Waals surface area contributed by atoms with Crippen molar-refractivity contribution in [3.8, 4) is 0 Å². The van der Waals surface area contributed by atoms with Crippen LogP contribution in [0.15, 0.2) is 41.8 Å². The summed E-state index contributed by atoms with van der Waals surface area (Å²) in [6, 6.07) is 10.7. The first-order valence-corrected chi connectivity index (χ1v) is 10.5. The van der Waals surface area contributed by atoms with Crippen LogP contribution in [-0.4, -0.2) is 73.6 Å². The number of hydrogen-bond acceptors (Lipinski definition) is 7. The van der Waals surface area contributed by atoms with Gasteiger partial charge in [-0.2, -0.15) is 0 Å². The first kappa shape index (κ1) is 21.2. The second kappa shape index (κ2) is 10.3. The van der Waals surface area contributed by atoms with Crippen LogP contribution >= 0.6 is 11.3 Å². The minimum absolute atomic E-state index is 0.0971. The number of ether oxygens (including phenoxy) is 1. The van der Waals surface area contributed by atoms with E-state index in [-0.39, 0.29) is 11.6 Å². The number of methoxy groups -OCH3 is 1. The number of piperazine rings is 1. The second-order valence-corrected chi connectivity index (χ2v) is 7.96. The zero-order valence-electron chi connectivity index (χ0n) is 16.5. The highest BCUT2D eigenvalue weighted by Crippen LogP contribution is 2.20. The third-order valence-electron chi connectivity index (χ3n) is 5.00. The molecule has 1 aromatic heterocycles. The highest BCUT2D eigenvalue weighted by Gasteiger charge is 2.22. The van der Waals surface area contributed by atoms with Crippen molar-refractivity contribution in [2.45, 2.75) is 6.54 Å². The normalized spacial score (nSPS) is 14.7. The molecular weight excluding hydrogens is 392 g/mol. The van der Waals surface area contributed by atoms with Crippen molar-refractivity contribution in [2.75, 3.05) is 57.9 Å².